The Bertz CT molecular complexity index is 724. The summed E-state index contributed by atoms with van der Waals surface area (Å²) in [5.74, 6) is -0.772. The number of nitrogens with zero attached hydrogens (tertiary/aromatic N) is 2. The Labute approximate surface area is 110 Å². The number of nitrogens with one attached hydrogen (secondary N) is 1. The zero-order valence-corrected chi connectivity index (χ0v) is 11.2. The van der Waals surface area contributed by atoms with Gasteiger partial charge < -0.3 is 5.73 Å². The standard InChI is InChI=1S/C11H13FN4O2S/c1-7-11(6-16(2)14-7)15-19(17,18)8-3-4-10(13)9(12)5-8/h3-6,15H,13H2,1-2H3. The van der Waals surface area contributed by atoms with E-state index in [0.717, 1.165) is 6.07 Å². The summed E-state index contributed by atoms with van der Waals surface area (Å²) in [6.45, 7) is 1.67. The molecule has 0 saturated carbocycles. The van der Waals surface area contributed by atoms with E-state index in [9.17, 15) is 12.8 Å². The maximum atomic E-state index is 13.3. The number of aromatic nitrogens is 2. The monoisotopic (exact) mass is 284 g/mol. The number of hydrogen-bond acceptors (Lipinski definition) is 4. The van der Waals surface area contributed by atoms with Gasteiger partial charge in [-0.3, -0.25) is 9.40 Å². The maximum absolute atomic E-state index is 13.3. The first-order valence-corrected chi connectivity index (χ1v) is 6.86. The van der Waals surface area contributed by atoms with Crippen LogP contribution in [-0.4, -0.2) is 18.2 Å². The van der Waals surface area contributed by atoms with Crippen molar-refractivity contribution in [3.63, 3.8) is 0 Å². The lowest BCUT2D eigenvalue weighted by Crippen LogP contribution is -2.13. The number of benzene rings is 1. The molecule has 1 aromatic carbocycles. The summed E-state index contributed by atoms with van der Waals surface area (Å²) in [4.78, 5) is -0.192. The highest BCUT2D eigenvalue weighted by Crippen LogP contribution is 2.20. The topological polar surface area (TPSA) is 90.0 Å². The Morgan fingerprint density at radius 2 is 2.11 bits per heavy atom. The molecule has 0 spiro atoms. The second-order valence-corrected chi connectivity index (χ2v) is 5.77. The first-order chi connectivity index (χ1) is 8.79. The summed E-state index contributed by atoms with van der Waals surface area (Å²) >= 11 is 0. The number of halogens is 1. The zero-order chi connectivity index (χ0) is 14.2. The summed E-state index contributed by atoms with van der Waals surface area (Å²) in [7, 11) is -2.19. The van der Waals surface area contributed by atoms with Gasteiger partial charge in [-0.25, -0.2) is 12.8 Å². The Kier molecular flexibility index (Phi) is 3.19. The van der Waals surface area contributed by atoms with E-state index in [-0.39, 0.29) is 10.6 Å². The molecule has 0 saturated heterocycles. The lowest BCUT2D eigenvalue weighted by atomic mass is 10.3. The average Bonchev–Trinajstić information content (AvgIpc) is 2.60. The molecule has 0 amide bonds. The number of anilines is 2. The summed E-state index contributed by atoms with van der Waals surface area (Å²) in [6, 6.07) is 3.33. The van der Waals surface area contributed by atoms with Gasteiger partial charge in [0.15, 0.2) is 0 Å². The van der Waals surface area contributed by atoms with Crippen LogP contribution in [-0.2, 0) is 17.1 Å². The van der Waals surface area contributed by atoms with Gasteiger partial charge in [-0.05, 0) is 25.1 Å². The molecule has 0 aliphatic rings. The molecule has 3 N–H and O–H groups in total. The minimum absolute atomic E-state index is 0.100. The van der Waals surface area contributed by atoms with Crippen LogP contribution in [0.1, 0.15) is 5.69 Å². The highest BCUT2D eigenvalue weighted by Gasteiger charge is 2.18. The van der Waals surface area contributed by atoms with Crippen molar-refractivity contribution in [2.24, 2.45) is 7.05 Å². The third-order valence-corrected chi connectivity index (χ3v) is 3.90. The fourth-order valence-electron chi connectivity index (χ4n) is 1.58. The molecule has 0 bridgehead atoms. The third-order valence-electron chi connectivity index (χ3n) is 2.54. The molecule has 0 fully saturated rings. The van der Waals surface area contributed by atoms with Gasteiger partial charge in [-0.1, -0.05) is 0 Å². The van der Waals surface area contributed by atoms with Gasteiger partial charge in [0.2, 0.25) is 0 Å². The van der Waals surface area contributed by atoms with Crippen LogP contribution in [0, 0.1) is 12.7 Å². The van der Waals surface area contributed by atoms with E-state index in [1.165, 1.54) is 23.0 Å². The fourth-order valence-corrected chi connectivity index (χ4v) is 2.69. The highest BCUT2D eigenvalue weighted by atomic mass is 32.2. The molecule has 1 aromatic heterocycles. The van der Waals surface area contributed by atoms with Crippen LogP contribution < -0.4 is 10.5 Å². The van der Waals surface area contributed by atoms with Crippen molar-refractivity contribution in [3.05, 3.63) is 35.9 Å². The highest BCUT2D eigenvalue weighted by molar-refractivity contribution is 7.92. The molecule has 102 valence electrons. The van der Waals surface area contributed by atoms with Crippen molar-refractivity contribution in [1.29, 1.82) is 0 Å². The molecule has 19 heavy (non-hydrogen) atoms. The summed E-state index contributed by atoms with van der Waals surface area (Å²) < 4.78 is 41.3. The third kappa shape index (κ3) is 2.68. The molecule has 8 heteroatoms. The Morgan fingerprint density at radius 3 is 2.63 bits per heavy atom. The van der Waals surface area contributed by atoms with Gasteiger partial charge in [0, 0.05) is 13.2 Å². The van der Waals surface area contributed by atoms with Crippen molar-refractivity contribution in [2.75, 3.05) is 10.5 Å². The molecule has 2 aromatic rings. The molecule has 0 unspecified atom stereocenters. The second-order valence-electron chi connectivity index (χ2n) is 4.09. The molecule has 0 radical (unpaired) electrons. The Morgan fingerprint density at radius 1 is 1.42 bits per heavy atom. The number of nitrogens with two attached hydrogens (primary N) is 1. The normalized spacial score (nSPS) is 11.5. The van der Waals surface area contributed by atoms with Gasteiger partial charge in [0.05, 0.1) is 22.0 Å². The minimum atomic E-state index is -3.86. The predicted octanol–water partition coefficient (Wildman–Crippen LogP) is 1.25. The van der Waals surface area contributed by atoms with E-state index in [4.69, 9.17) is 5.73 Å². The van der Waals surface area contributed by atoms with Crippen LogP contribution in [0.15, 0.2) is 29.3 Å². The molecule has 0 aliphatic heterocycles. The molecule has 6 nitrogen and oxygen atoms in total. The number of sulfonamides is 1. The van der Waals surface area contributed by atoms with Crippen LogP contribution in [0.5, 0.6) is 0 Å². The van der Waals surface area contributed by atoms with E-state index in [1.807, 2.05) is 0 Å². The van der Waals surface area contributed by atoms with E-state index in [0.29, 0.717) is 11.4 Å². The van der Waals surface area contributed by atoms with Crippen molar-refractivity contribution in [1.82, 2.24) is 9.78 Å². The quantitative estimate of drug-likeness (QED) is 0.830. The van der Waals surface area contributed by atoms with E-state index in [1.54, 1.807) is 14.0 Å². The van der Waals surface area contributed by atoms with Crippen LogP contribution in [0.25, 0.3) is 0 Å². The van der Waals surface area contributed by atoms with E-state index < -0.39 is 15.8 Å². The van der Waals surface area contributed by atoms with Crippen LogP contribution >= 0.6 is 0 Å². The lowest BCUT2D eigenvalue weighted by molar-refractivity contribution is 0.596. The molecule has 2 rings (SSSR count). The maximum Gasteiger partial charge on any atom is 0.262 e. The van der Waals surface area contributed by atoms with Crippen LogP contribution in [0.4, 0.5) is 15.8 Å². The number of nitrogen functional groups attached to an aromatic ring is 1. The SMILES string of the molecule is Cc1nn(C)cc1NS(=O)(=O)c1ccc(N)c(F)c1. The minimum Gasteiger partial charge on any atom is -0.396 e. The smallest absolute Gasteiger partial charge is 0.262 e. The number of rotatable bonds is 3. The van der Waals surface area contributed by atoms with E-state index in [2.05, 4.69) is 9.82 Å². The average molecular weight is 284 g/mol. The summed E-state index contributed by atoms with van der Waals surface area (Å²) in [5, 5.41) is 4.02. The lowest BCUT2D eigenvalue weighted by Gasteiger charge is -2.07. The summed E-state index contributed by atoms with van der Waals surface area (Å²) in [6.07, 6.45) is 1.53. The molecule has 1 heterocycles. The van der Waals surface area contributed by atoms with Gasteiger partial charge in [-0.15, -0.1) is 0 Å². The molecule has 0 atom stereocenters. The van der Waals surface area contributed by atoms with Gasteiger partial charge in [-0.2, -0.15) is 5.10 Å². The molecular formula is C11H13FN4O2S. The van der Waals surface area contributed by atoms with Gasteiger partial charge in [0.25, 0.3) is 10.0 Å². The van der Waals surface area contributed by atoms with Crippen molar-refractivity contribution < 1.29 is 12.8 Å². The van der Waals surface area contributed by atoms with Crippen molar-refractivity contribution in [3.8, 4) is 0 Å². The second kappa shape index (κ2) is 4.54. The van der Waals surface area contributed by atoms with Gasteiger partial charge >= 0.3 is 0 Å². The van der Waals surface area contributed by atoms with Crippen LogP contribution in [0.3, 0.4) is 0 Å². The first kappa shape index (κ1) is 13.3. The fraction of sp³-hybridized carbons (Fsp3) is 0.182. The zero-order valence-electron chi connectivity index (χ0n) is 10.4. The summed E-state index contributed by atoms with van der Waals surface area (Å²) in [5.41, 5.74) is 6.08. The molecular weight excluding hydrogens is 271 g/mol. The predicted molar refractivity (Wildman–Crippen MR) is 69.6 cm³/mol. The molecule has 0 aliphatic carbocycles. The number of hydrogen-bond donors (Lipinski definition) is 2. The Balaban J connectivity index is 2.37. The first-order valence-electron chi connectivity index (χ1n) is 5.37. The Hall–Kier alpha value is -2.09. The number of aryl methyl sites for hydroxylation is 2. The van der Waals surface area contributed by atoms with Crippen molar-refractivity contribution in [2.45, 2.75) is 11.8 Å². The van der Waals surface area contributed by atoms with E-state index >= 15 is 0 Å². The van der Waals surface area contributed by atoms with Gasteiger partial charge in [0.1, 0.15) is 5.82 Å². The van der Waals surface area contributed by atoms with Crippen molar-refractivity contribution >= 4 is 21.4 Å². The largest absolute Gasteiger partial charge is 0.396 e. The van der Waals surface area contributed by atoms with Crippen LogP contribution in [0.2, 0.25) is 0 Å².